The minimum atomic E-state index is -4.44. The quantitative estimate of drug-likeness (QED) is 0.855. The molecule has 1 aromatic heterocycles. The number of hydrogen-bond donors (Lipinski definition) is 2. The Labute approximate surface area is 145 Å². The van der Waals surface area contributed by atoms with Crippen LogP contribution in [0.4, 0.5) is 23.8 Å². The highest BCUT2D eigenvalue weighted by atomic mass is 19.4. The zero-order chi connectivity index (χ0) is 18.5. The number of fused-ring (bicyclic) bond motifs is 1. The summed E-state index contributed by atoms with van der Waals surface area (Å²) in [5, 5.41) is 9.67. The third-order valence-electron chi connectivity index (χ3n) is 4.49. The minimum Gasteiger partial charge on any atom is -0.336 e. The van der Waals surface area contributed by atoms with Gasteiger partial charge in [0.25, 0.3) is 5.91 Å². The Bertz CT molecular complexity index is 875. The predicted molar refractivity (Wildman–Crippen MR) is 84.4 cm³/mol. The van der Waals surface area contributed by atoms with Gasteiger partial charge in [0, 0.05) is 24.2 Å². The highest BCUT2D eigenvalue weighted by Crippen LogP contribution is 2.32. The number of alkyl halides is 3. The van der Waals surface area contributed by atoms with Crippen LogP contribution in [-0.4, -0.2) is 40.1 Å². The van der Waals surface area contributed by atoms with E-state index in [0.717, 1.165) is 23.4 Å². The number of amides is 3. The van der Waals surface area contributed by atoms with E-state index in [0.29, 0.717) is 18.9 Å². The Balaban J connectivity index is 1.52. The molecule has 3 heterocycles. The van der Waals surface area contributed by atoms with Crippen LogP contribution in [0.3, 0.4) is 0 Å². The van der Waals surface area contributed by atoms with E-state index in [-0.39, 0.29) is 30.6 Å². The monoisotopic (exact) mass is 365 g/mol. The lowest BCUT2D eigenvalue weighted by molar-refractivity contribution is -0.137. The number of aromatic amines is 1. The molecule has 0 aliphatic carbocycles. The van der Waals surface area contributed by atoms with Crippen LogP contribution in [0.1, 0.15) is 27.2 Å². The van der Waals surface area contributed by atoms with Crippen molar-refractivity contribution in [3.8, 4) is 0 Å². The van der Waals surface area contributed by atoms with Crippen LogP contribution in [0.25, 0.3) is 0 Å². The maximum atomic E-state index is 12.6. The predicted octanol–water partition coefficient (Wildman–Crippen LogP) is 2.11. The van der Waals surface area contributed by atoms with Gasteiger partial charge in [-0.2, -0.15) is 18.3 Å². The number of nitrogens with zero attached hydrogens (tertiary/aromatic N) is 3. The number of anilines is 1. The smallest absolute Gasteiger partial charge is 0.336 e. The van der Waals surface area contributed by atoms with Crippen LogP contribution in [0.5, 0.6) is 0 Å². The highest BCUT2D eigenvalue weighted by molar-refractivity contribution is 5.96. The fourth-order valence-electron chi connectivity index (χ4n) is 3.15. The zero-order valence-corrected chi connectivity index (χ0v) is 13.4. The summed E-state index contributed by atoms with van der Waals surface area (Å²) < 4.78 is 37.9. The van der Waals surface area contributed by atoms with Gasteiger partial charge in [0.1, 0.15) is 0 Å². The average Bonchev–Trinajstić information content (AvgIpc) is 3.29. The van der Waals surface area contributed by atoms with E-state index in [1.54, 1.807) is 0 Å². The van der Waals surface area contributed by atoms with Crippen molar-refractivity contribution >= 4 is 17.8 Å². The van der Waals surface area contributed by atoms with Gasteiger partial charge in [-0.3, -0.25) is 14.8 Å². The van der Waals surface area contributed by atoms with Gasteiger partial charge in [0.2, 0.25) is 0 Å². The van der Waals surface area contributed by atoms with Crippen molar-refractivity contribution in [2.24, 2.45) is 0 Å². The Morgan fingerprint density at radius 2 is 1.88 bits per heavy atom. The lowest BCUT2D eigenvalue weighted by Gasteiger charge is -2.17. The molecule has 1 aromatic carbocycles. The number of urea groups is 1. The van der Waals surface area contributed by atoms with Gasteiger partial charge in [-0.25, -0.2) is 4.79 Å². The summed E-state index contributed by atoms with van der Waals surface area (Å²) in [6.45, 7) is 1.51. The van der Waals surface area contributed by atoms with Crippen LogP contribution in [0.2, 0.25) is 0 Å². The summed E-state index contributed by atoms with van der Waals surface area (Å²) in [5.41, 5.74) is 0.853. The first-order chi connectivity index (χ1) is 12.3. The third kappa shape index (κ3) is 2.67. The topological polar surface area (TPSA) is 81.3 Å². The fraction of sp³-hybridized carbons (Fsp3) is 0.312. The SMILES string of the molecule is O=C(c1ccc(C(F)(F)F)cc1)N1Cc2[nH]nc(N3CCNC3=O)c2C1. The molecule has 0 bridgehead atoms. The second kappa shape index (κ2) is 5.75. The second-order valence-corrected chi connectivity index (χ2v) is 6.12. The number of nitrogens with one attached hydrogen (secondary N) is 2. The van der Waals surface area contributed by atoms with E-state index in [1.807, 2.05) is 0 Å². The molecule has 1 saturated heterocycles. The molecule has 0 spiro atoms. The van der Waals surface area contributed by atoms with Crippen molar-refractivity contribution in [1.29, 1.82) is 0 Å². The van der Waals surface area contributed by atoms with Gasteiger partial charge in [0.15, 0.2) is 5.82 Å². The highest BCUT2D eigenvalue weighted by Gasteiger charge is 2.34. The van der Waals surface area contributed by atoms with Crippen LogP contribution in [0, 0.1) is 0 Å². The van der Waals surface area contributed by atoms with Crippen molar-refractivity contribution in [2.45, 2.75) is 19.3 Å². The summed E-state index contributed by atoms with van der Waals surface area (Å²) in [4.78, 5) is 27.4. The maximum absolute atomic E-state index is 12.6. The van der Waals surface area contributed by atoms with Crippen molar-refractivity contribution < 1.29 is 22.8 Å². The molecule has 4 rings (SSSR count). The Kier molecular flexibility index (Phi) is 3.63. The standard InChI is InChI=1S/C16H14F3N5O2/c17-16(18,19)10-3-1-9(2-4-10)14(25)23-7-11-12(8-23)21-22-13(11)24-6-5-20-15(24)26/h1-4H,5-8H2,(H,20,26)(H,21,22). The molecule has 2 N–H and O–H groups in total. The number of rotatable bonds is 2. The summed E-state index contributed by atoms with van der Waals surface area (Å²) in [7, 11) is 0. The number of H-pyrrole nitrogens is 1. The molecule has 26 heavy (non-hydrogen) atoms. The van der Waals surface area contributed by atoms with Gasteiger partial charge < -0.3 is 10.2 Å². The summed E-state index contributed by atoms with van der Waals surface area (Å²) in [5.74, 6) is 0.109. The molecule has 2 aliphatic heterocycles. The first-order valence-corrected chi connectivity index (χ1v) is 7.92. The second-order valence-electron chi connectivity index (χ2n) is 6.12. The molecule has 0 radical (unpaired) electrons. The van der Waals surface area contributed by atoms with Gasteiger partial charge in [-0.05, 0) is 24.3 Å². The molecule has 1 fully saturated rings. The lowest BCUT2D eigenvalue weighted by atomic mass is 10.1. The number of hydrogen-bond acceptors (Lipinski definition) is 3. The van der Waals surface area contributed by atoms with Crippen LogP contribution < -0.4 is 10.2 Å². The molecule has 0 unspecified atom stereocenters. The molecule has 10 heteroatoms. The van der Waals surface area contributed by atoms with E-state index < -0.39 is 11.7 Å². The van der Waals surface area contributed by atoms with Crippen molar-refractivity contribution in [2.75, 3.05) is 18.0 Å². The van der Waals surface area contributed by atoms with Gasteiger partial charge in [0.05, 0.1) is 24.3 Å². The Hall–Kier alpha value is -3.04. The minimum absolute atomic E-state index is 0.177. The molecular weight excluding hydrogens is 351 g/mol. The van der Waals surface area contributed by atoms with Crippen molar-refractivity contribution in [3.05, 3.63) is 46.6 Å². The number of halogens is 3. The fourth-order valence-corrected chi connectivity index (χ4v) is 3.15. The molecular formula is C16H14F3N5O2. The molecule has 0 saturated carbocycles. The van der Waals surface area contributed by atoms with E-state index in [1.165, 1.54) is 21.9 Å². The Morgan fingerprint density at radius 1 is 1.15 bits per heavy atom. The van der Waals surface area contributed by atoms with Crippen LogP contribution >= 0.6 is 0 Å². The normalized spacial score (nSPS) is 16.8. The molecule has 7 nitrogen and oxygen atoms in total. The van der Waals surface area contributed by atoms with Gasteiger partial charge in [-0.15, -0.1) is 0 Å². The zero-order valence-electron chi connectivity index (χ0n) is 13.4. The average molecular weight is 365 g/mol. The largest absolute Gasteiger partial charge is 0.416 e. The van der Waals surface area contributed by atoms with E-state index >= 15 is 0 Å². The molecule has 136 valence electrons. The first-order valence-electron chi connectivity index (χ1n) is 7.92. The number of carbonyl (C=O) groups excluding carboxylic acids is 2. The van der Waals surface area contributed by atoms with Crippen molar-refractivity contribution in [1.82, 2.24) is 20.4 Å². The van der Waals surface area contributed by atoms with E-state index in [2.05, 4.69) is 15.5 Å². The number of benzene rings is 1. The van der Waals surface area contributed by atoms with Gasteiger partial charge in [-0.1, -0.05) is 0 Å². The van der Waals surface area contributed by atoms with Crippen LogP contribution in [-0.2, 0) is 19.3 Å². The maximum Gasteiger partial charge on any atom is 0.416 e. The molecule has 2 aromatic rings. The molecule has 2 aliphatic rings. The van der Waals surface area contributed by atoms with Crippen molar-refractivity contribution in [3.63, 3.8) is 0 Å². The van der Waals surface area contributed by atoms with E-state index in [9.17, 15) is 22.8 Å². The third-order valence-corrected chi connectivity index (χ3v) is 4.49. The van der Waals surface area contributed by atoms with Gasteiger partial charge >= 0.3 is 12.2 Å². The Morgan fingerprint density at radius 3 is 2.50 bits per heavy atom. The summed E-state index contributed by atoms with van der Waals surface area (Å²) in [6.07, 6.45) is -4.44. The molecule has 3 amide bonds. The van der Waals surface area contributed by atoms with Crippen LogP contribution in [0.15, 0.2) is 24.3 Å². The molecule has 0 atom stereocenters. The summed E-state index contributed by atoms with van der Waals surface area (Å²) in [6, 6.07) is 3.89. The summed E-state index contributed by atoms with van der Waals surface area (Å²) >= 11 is 0. The number of aromatic nitrogens is 2. The lowest BCUT2D eigenvalue weighted by Crippen LogP contribution is -2.30. The first kappa shape index (κ1) is 16.4. The van der Waals surface area contributed by atoms with E-state index in [4.69, 9.17) is 0 Å². The number of carbonyl (C=O) groups is 2.